The zero-order valence-corrected chi connectivity index (χ0v) is 15.7. The maximum atomic E-state index is 12.0. The molecule has 1 amide bonds. The van der Waals surface area contributed by atoms with Gasteiger partial charge in [-0.15, -0.1) is 11.3 Å². The Hall–Kier alpha value is -2.44. The highest BCUT2D eigenvalue weighted by molar-refractivity contribution is 7.13. The summed E-state index contributed by atoms with van der Waals surface area (Å²) in [5, 5.41) is 6.07. The molecule has 4 rings (SSSR count). The van der Waals surface area contributed by atoms with E-state index in [1.54, 1.807) is 18.4 Å². The van der Waals surface area contributed by atoms with Crippen molar-refractivity contribution in [1.82, 2.24) is 15.2 Å². The smallest absolute Gasteiger partial charge is 0.237 e. The van der Waals surface area contributed by atoms with Crippen molar-refractivity contribution in [3.8, 4) is 16.3 Å². The zero-order valence-electron chi connectivity index (χ0n) is 14.9. The SMILES string of the molecule is COc1ccc2cc(CN3CCNC(=O)C3C)c(-c3cccs3)nc2c1. The van der Waals surface area contributed by atoms with Gasteiger partial charge in [-0.2, -0.15) is 0 Å². The van der Waals surface area contributed by atoms with Crippen molar-refractivity contribution < 1.29 is 9.53 Å². The number of fused-ring (bicyclic) bond motifs is 1. The molecule has 26 heavy (non-hydrogen) atoms. The molecule has 0 saturated carbocycles. The van der Waals surface area contributed by atoms with Crippen LogP contribution in [-0.2, 0) is 11.3 Å². The first-order valence-corrected chi connectivity index (χ1v) is 9.57. The Morgan fingerprint density at radius 2 is 2.23 bits per heavy atom. The third-order valence-electron chi connectivity index (χ3n) is 4.86. The monoisotopic (exact) mass is 367 g/mol. The molecular weight excluding hydrogens is 346 g/mol. The Balaban J connectivity index is 1.79. The number of pyridine rings is 1. The fraction of sp³-hybridized carbons (Fsp3) is 0.300. The molecule has 1 aliphatic rings. The summed E-state index contributed by atoms with van der Waals surface area (Å²) in [6, 6.07) is 12.1. The highest BCUT2D eigenvalue weighted by Gasteiger charge is 2.26. The number of nitrogens with zero attached hydrogens (tertiary/aromatic N) is 2. The fourth-order valence-electron chi connectivity index (χ4n) is 3.33. The van der Waals surface area contributed by atoms with Gasteiger partial charge in [0, 0.05) is 31.1 Å². The normalized spacial score (nSPS) is 18.1. The third kappa shape index (κ3) is 3.18. The van der Waals surface area contributed by atoms with Crippen LogP contribution >= 0.6 is 11.3 Å². The number of piperazine rings is 1. The van der Waals surface area contributed by atoms with E-state index in [0.29, 0.717) is 13.1 Å². The van der Waals surface area contributed by atoms with Gasteiger partial charge in [-0.3, -0.25) is 9.69 Å². The van der Waals surface area contributed by atoms with Crippen molar-refractivity contribution in [3.63, 3.8) is 0 Å². The minimum Gasteiger partial charge on any atom is -0.497 e. The number of hydrogen-bond acceptors (Lipinski definition) is 5. The van der Waals surface area contributed by atoms with Crippen molar-refractivity contribution in [2.45, 2.75) is 19.5 Å². The van der Waals surface area contributed by atoms with Crippen LogP contribution in [0.3, 0.4) is 0 Å². The lowest BCUT2D eigenvalue weighted by molar-refractivity contribution is -0.128. The first-order chi connectivity index (χ1) is 12.7. The van der Waals surface area contributed by atoms with E-state index < -0.39 is 0 Å². The number of rotatable bonds is 4. The predicted molar refractivity (Wildman–Crippen MR) is 104 cm³/mol. The number of hydrogen-bond donors (Lipinski definition) is 1. The first-order valence-electron chi connectivity index (χ1n) is 8.69. The molecule has 1 N–H and O–H groups in total. The maximum absolute atomic E-state index is 12.0. The second-order valence-corrected chi connectivity index (χ2v) is 7.42. The van der Waals surface area contributed by atoms with Gasteiger partial charge < -0.3 is 10.1 Å². The summed E-state index contributed by atoms with van der Waals surface area (Å²) < 4.78 is 5.34. The van der Waals surface area contributed by atoms with E-state index in [4.69, 9.17) is 9.72 Å². The molecule has 1 atom stereocenters. The predicted octanol–water partition coefficient (Wildman–Crippen LogP) is 3.29. The lowest BCUT2D eigenvalue weighted by Gasteiger charge is -2.33. The Morgan fingerprint density at radius 3 is 3.00 bits per heavy atom. The number of methoxy groups -OCH3 is 1. The van der Waals surface area contributed by atoms with E-state index in [0.717, 1.165) is 39.3 Å². The summed E-state index contributed by atoms with van der Waals surface area (Å²) >= 11 is 1.68. The van der Waals surface area contributed by atoms with Crippen LogP contribution in [0.2, 0.25) is 0 Å². The molecule has 134 valence electrons. The third-order valence-corrected chi connectivity index (χ3v) is 5.73. The maximum Gasteiger partial charge on any atom is 0.237 e. The van der Waals surface area contributed by atoms with E-state index in [1.807, 2.05) is 31.2 Å². The van der Waals surface area contributed by atoms with Crippen LogP contribution in [0.5, 0.6) is 5.75 Å². The van der Waals surface area contributed by atoms with Gasteiger partial charge in [-0.1, -0.05) is 6.07 Å². The molecule has 1 aliphatic heterocycles. The highest BCUT2D eigenvalue weighted by atomic mass is 32.1. The van der Waals surface area contributed by atoms with E-state index in [9.17, 15) is 4.79 Å². The molecule has 0 spiro atoms. The van der Waals surface area contributed by atoms with Crippen molar-refractivity contribution in [3.05, 3.63) is 47.3 Å². The molecule has 2 aromatic heterocycles. The van der Waals surface area contributed by atoms with Crippen LogP contribution in [0.4, 0.5) is 0 Å². The van der Waals surface area contributed by atoms with Gasteiger partial charge in [0.05, 0.1) is 29.2 Å². The number of carbonyl (C=O) groups is 1. The molecule has 1 aromatic carbocycles. The molecule has 1 fully saturated rings. The molecule has 1 unspecified atom stereocenters. The second-order valence-electron chi connectivity index (χ2n) is 6.47. The topological polar surface area (TPSA) is 54.5 Å². The van der Waals surface area contributed by atoms with Gasteiger partial charge >= 0.3 is 0 Å². The van der Waals surface area contributed by atoms with Crippen molar-refractivity contribution in [1.29, 1.82) is 0 Å². The number of nitrogens with one attached hydrogen (secondary N) is 1. The van der Waals surface area contributed by atoms with E-state index in [1.165, 1.54) is 0 Å². The molecule has 3 aromatic rings. The average molecular weight is 367 g/mol. The number of thiophene rings is 1. The van der Waals surface area contributed by atoms with Gasteiger partial charge in [0.2, 0.25) is 5.91 Å². The number of carbonyl (C=O) groups excluding carboxylic acids is 1. The lowest BCUT2D eigenvalue weighted by atomic mass is 10.1. The van der Waals surface area contributed by atoms with Crippen LogP contribution in [-0.4, -0.2) is 42.0 Å². The summed E-state index contributed by atoms with van der Waals surface area (Å²) in [7, 11) is 1.67. The Kier molecular flexibility index (Phi) is 4.61. The Morgan fingerprint density at radius 1 is 1.35 bits per heavy atom. The summed E-state index contributed by atoms with van der Waals surface area (Å²) in [4.78, 5) is 20.3. The summed E-state index contributed by atoms with van der Waals surface area (Å²) in [5.41, 5.74) is 3.05. The second kappa shape index (κ2) is 7.05. The molecule has 6 heteroatoms. The summed E-state index contributed by atoms with van der Waals surface area (Å²) in [6.07, 6.45) is 0. The fourth-order valence-corrected chi connectivity index (χ4v) is 4.08. The van der Waals surface area contributed by atoms with Crippen LogP contribution in [0.1, 0.15) is 12.5 Å². The molecule has 3 heterocycles. The van der Waals surface area contributed by atoms with E-state index in [-0.39, 0.29) is 11.9 Å². The molecule has 0 aliphatic carbocycles. The number of ether oxygens (including phenoxy) is 1. The first kappa shape index (κ1) is 17.0. The van der Waals surface area contributed by atoms with Crippen molar-refractivity contribution >= 4 is 28.1 Å². The van der Waals surface area contributed by atoms with Crippen LogP contribution < -0.4 is 10.1 Å². The summed E-state index contributed by atoms with van der Waals surface area (Å²) in [5.74, 6) is 0.892. The molecule has 0 radical (unpaired) electrons. The minimum atomic E-state index is -0.133. The van der Waals surface area contributed by atoms with Gasteiger partial charge in [-0.05, 0) is 42.1 Å². The van der Waals surface area contributed by atoms with Crippen LogP contribution in [0, 0.1) is 0 Å². The quantitative estimate of drug-likeness (QED) is 0.769. The minimum absolute atomic E-state index is 0.0902. The number of aromatic nitrogens is 1. The zero-order chi connectivity index (χ0) is 18.1. The molecule has 1 saturated heterocycles. The van der Waals surface area contributed by atoms with Gasteiger partial charge in [0.15, 0.2) is 0 Å². The highest BCUT2D eigenvalue weighted by Crippen LogP contribution is 2.31. The van der Waals surface area contributed by atoms with E-state index >= 15 is 0 Å². The Labute approximate surface area is 156 Å². The van der Waals surface area contributed by atoms with Crippen LogP contribution in [0.25, 0.3) is 21.5 Å². The average Bonchev–Trinajstić information content (AvgIpc) is 3.19. The molecular formula is C20H21N3O2S. The largest absolute Gasteiger partial charge is 0.497 e. The molecule has 5 nitrogen and oxygen atoms in total. The standard InChI is InChI=1S/C20H21N3O2S/c1-13-20(24)21-7-8-23(13)12-15-10-14-5-6-16(25-2)11-17(14)22-19(15)18-4-3-9-26-18/h3-6,9-11,13H,7-8,12H2,1-2H3,(H,21,24). The number of amides is 1. The van der Waals surface area contributed by atoms with Gasteiger partial charge in [-0.25, -0.2) is 4.98 Å². The van der Waals surface area contributed by atoms with E-state index in [2.05, 4.69) is 27.7 Å². The summed E-state index contributed by atoms with van der Waals surface area (Å²) in [6.45, 7) is 4.20. The van der Waals surface area contributed by atoms with Crippen molar-refractivity contribution in [2.24, 2.45) is 0 Å². The van der Waals surface area contributed by atoms with Gasteiger partial charge in [0.1, 0.15) is 5.75 Å². The Bertz CT molecular complexity index is 940. The lowest BCUT2D eigenvalue weighted by Crippen LogP contribution is -2.53. The van der Waals surface area contributed by atoms with Crippen molar-refractivity contribution in [2.75, 3.05) is 20.2 Å². The molecule has 0 bridgehead atoms. The number of benzene rings is 1. The van der Waals surface area contributed by atoms with Crippen LogP contribution in [0.15, 0.2) is 41.8 Å². The van der Waals surface area contributed by atoms with Gasteiger partial charge in [0.25, 0.3) is 0 Å².